The first kappa shape index (κ1) is 21.5. The lowest BCUT2D eigenvalue weighted by Gasteiger charge is -2.30. The fraction of sp³-hybridized carbons (Fsp3) is 0.476. The van der Waals surface area contributed by atoms with Crippen LogP contribution in [0.5, 0.6) is 0 Å². The number of piperidine rings is 1. The summed E-state index contributed by atoms with van der Waals surface area (Å²) in [5.41, 5.74) is 2.02. The van der Waals surface area contributed by atoms with Gasteiger partial charge in [-0.15, -0.1) is 0 Å². The molecule has 0 atom stereocenters. The minimum Gasteiger partial charge on any atom is -0.351 e. The summed E-state index contributed by atoms with van der Waals surface area (Å²) in [5, 5.41) is 10.2. The zero-order valence-electron chi connectivity index (χ0n) is 17.5. The molecule has 2 N–H and O–H groups in total. The van der Waals surface area contributed by atoms with Crippen LogP contribution in [-0.2, 0) is 21.4 Å². The molecule has 31 heavy (non-hydrogen) atoms. The lowest BCUT2D eigenvalue weighted by atomic mass is 9.94. The van der Waals surface area contributed by atoms with Gasteiger partial charge in [0, 0.05) is 44.2 Å². The summed E-state index contributed by atoms with van der Waals surface area (Å²) in [7, 11) is -3.60. The second kappa shape index (κ2) is 8.80. The average molecular weight is 446 g/mol. The minimum absolute atomic E-state index is 0.102. The Morgan fingerprint density at radius 3 is 2.58 bits per heavy atom. The molecule has 0 saturated carbocycles. The Labute approximate surface area is 181 Å². The van der Waals surface area contributed by atoms with Crippen LogP contribution in [0.2, 0.25) is 0 Å². The van der Waals surface area contributed by atoms with Crippen molar-refractivity contribution >= 4 is 27.5 Å². The SMILES string of the molecule is CCC(=O)Nc1ccc(S(=O)(=O)N2CCC(c3cc4n(n3)CCCNC4=O)CC2)cc1. The lowest BCUT2D eigenvalue weighted by Crippen LogP contribution is -2.38. The summed E-state index contributed by atoms with van der Waals surface area (Å²) < 4.78 is 29.3. The normalized spacial score (nSPS) is 18.2. The smallest absolute Gasteiger partial charge is 0.269 e. The zero-order valence-corrected chi connectivity index (χ0v) is 18.3. The Balaban J connectivity index is 1.42. The number of rotatable bonds is 5. The van der Waals surface area contributed by atoms with Gasteiger partial charge in [0.05, 0.1) is 10.6 Å². The van der Waals surface area contributed by atoms with Crippen molar-refractivity contribution in [2.24, 2.45) is 0 Å². The van der Waals surface area contributed by atoms with Crippen molar-refractivity contribution in [3.8, 4) is 0 Å². The van der Waals surface area contributed by atoms with Gasteiger partial charge in [-0.3, -0.25) is 14.3 Å². The Morgan fingerprint density at radius 1 is 1.19 bits per heavy atom. The molecule has 2 aliphatic rings. The number of hydrogen-bond acceptors (Lipinski definition) is 5. The van der Waals surface area contributed by atoms with Crippen LogP contribution >= 0.6 is 0 Å². The number of nitrogens with one attached hydrogen (secondary N) is 2. The summed E-state index contributed by atoms with van der Waals surface area (Å²) in [6, 6.07) is 8.11. The highest BCUT2D eigenvalue weighted by molar-refractivity contribution is 7.89. The third kappa shape index (κ3) is 4.49. The van der Waals surface area contributed by atoms with Crippen molar-refractivity contribution in [2.45, 2.75) is 50.0 Å². The van der Waals surface area contributed by atoms with Gasteiger partial charge in [-0.25, -0.2) is 8.42 Å². The van der Waals surface area contributed by atoms with Crippen LogP contribution in [0.25, 0.3) is 0 Å². The third-order valence-electron chi connectivity index (χ3n) is 5.83. The first-order valence-corrected chi connectivity index (χ1v) is 12.1. The number of carbonyl (C=O) groups is 2. The Hall–Kier alpha value is -2.72. The maximum atomic E-state index is 13.0. The fourth-order valence-corrected chi connectivity index (χ4v) is 5.48. The van der Waals surface area contributed by atoms with Crippen LogP contribution in [0.1, 0.15) is 54.7 Å². The van der Waals surface area contributed by atoms with Crippen LogP contribution in [0.3, 0.4) is 0 Å². The van der Waals surface area contributed by atoms with E-state index in [4.69, 9.17) is 0 Å². The van der Waals surface area contributed by atoms with E-state index in [1.54, 1.807) is 23.7 Å². The zero-order chi connectivity index (χ0) is 22.0. The van der Waals surface area contributed by atoms with Gasteiger partial charge in [0.25, 0.3) is 5.91 Å². The molecular formula is C21H27N5O4S. The quantitative estimate of drug-likeness (QED) is 0.730. The number of benzene rings is 1. The fourth-order valence-electron chi connectivity index (χ4n) is 4.01. The molecule has 0 aliphatic carbocycles. The highest BCUT2D eigenvalue weighted by Crippen LogP contribution is 2.31. The highest BCUT2D eigenvalue weighted by atomic mass is 32.2. The third-order valence-corrected chi connectivity index (χ3v) is 7.75. The molecule has 0 unspecified atom stereocenters. The van der Waals surface area contributed by atoms with Crippen LogP contribution in [0.15, 0.2) is 35.2 Å². The molecule has 2 amide bonds. The first-order chi connectivity index (χ1) is 14.9. The molecule has 1 aromatic heterocycles. The van der Waals surface area contributed by atoms with E-state index >= 15 is 0 Å². The maximum Gasteiger partial charge on any atom is 0.269 e. The molecule has 2 aromatic rings. The maximum absolute atomic E-state index is 13.0. The van der Waals surface area contributed by atoms with Crippen LogP contribution in [0, 0.1) is 0 Å². The molecule has 166 valence electrons. The minimum atomic E-state index is -3.60. The van der Waals surface area contributed by atoms with E-state index in [1.807, 2.05) is 6.07 Å². The molecule has 3 heterocycles. The van der Waals surface area contributed by atoms with Crippen molar-refractivity contribution in [1.29, 1.82) is 0 Å². The van der Waals surface area contributed by atoms with Gasteiger partial charge in [-0.05, 0) is 49.6 Å². The number of aromatic nitrogens is 2. The largest absolute Gasteiger partial charge is 0.351 e. The van der Waals surface area contributed by atoms with Crippen molar-refractivity contribution in [2.75, 3.05) is 25.0 Å². The molecule has 1 aromatic carbocycles. The van der Waals surface area contributed by atoms with Crippen LogP contribution in [0.4, 0.5) is 5.69 Å². The monoisotopic (exact) mass is 445 g/mol. The second-order valence-corrected chi connectivity index (χ2v) is 9.83. The molecule has 2 aliphatic heterocycles. The number of carbonyl (C=O) groups excluding carboxylic acids is 2. The Morgan fingerprint density at radius 2 is 1.90 bits per heavy atom. The van der Waals surface area contributed by atoms with E-state index < -0.39 is 10.0 Å². The number of sulfonamides is 1. The second-order valence-electron chi connectivity index (χ2n) is 7.89. The van der Waals surface area contributed by atoms with Gasteiger partial charge in [0.2, 0.25) is 15.9 Å². The van der Waals surface area contributed by atoms with Crippen molar-refractivity contribution in [3.05, 3.63) is 41.7 Å². The summed E-state index contributed by atoms with van der Waals surface area (Å²) in [4.78, 5) is 23.9. The van der Waals surface area contributed by atoms with E-state index in [-0.39, 0.29) is 22.6 Å². The van der Waals surface area contributed by atoms with E-state index in [0.717, 1.165) is 12.1 Å². The topological polar surface area (TPSA) is 113 Å². The standard InChI is InChI=1S/C21H27N5O4S/c1-2-20(27)23-16-4-6-17(7-5-16)31(29,30)25-12-8-15(9-13-25)18-14-19-21(28)22-10-3-11-26(19)24-18/h4-7,14-15H,2-3,8-13H2,1H3,(H,22,28)(H,23,27). The molecule has 0 bridgehead atoms. The summed E-state index contributed by atoms with van der Waals surface area (Å²) >= 11 is 0. The van der Waals surface area contributed by atoms with Crippen molar-refractivity contribution in [1.82, 2.24) is 19.4 Å². The van der Waals surface area contributed by atoms with Gasteiger partial charge in [0.1, 0.15) is 5.69 Å². The average Bonchev–Trinajstić information content (AvgIpc) is 3.13. The number of hydrogen-bond donors (Lipinski definition) is 2. The number of amides is 2. The van der Waals surface area contributed by atoms with Gasteiger partial charge >= 0.3 is 0 Å². The summed E-state index contributed by atoms with van der Waals surface area (Å²) in [6.07, 6.45) is 2.51. The van der Waals surface area contributed by atoms with Gasteiger partial charge in [-0.1, -0.05) is 6.92 Å². The Kier molecular flexibility index (Phi) is 6.10. The van der Waals surface area contributed by atoms with Crippen LogP contribution in [-0.4, -0.2) is 54.0 Å². The predicted molar refractivity (Wildman–Crippen MR) is 115 cm³/mol. The van der Waals surface area contributed by atoms with E-state index in [0.29, 0.717) is 56.8 Å². The molecular weight excluding hydrogens is 418 g/mol. The summed E-state index contributed by atoms with van der Waals surface area (Å²) in [6.45, 7) is 3.91. The molecule has 4 rings (SSSR count). The number of fused-ring (bicyclic) bond motifs is 1. The van der Waals surface area contributed by atoms with Gasteiger partial charge in [-0.2, -0.15) is 9.40 Å². The molecule has 9 nitrogen and oxygen atoms in total. The molecule has 0 spiro atoms. The van der Waals surface area contributed by atoms with E-state index in [1.165, 1.54) is 16.4 Å². The number of anilines is 1. The van der Waals surface area contributed by atoms with Gasteiger partial charge < -0.3 is 10.6 Å². The number of aryl methyl sites for hydroxylation is 1. The molecule has 1 fully saturated rings. The van der Waals surface area contributed by atoms with Gasteiger partial charge in [0.15, 0.2) is 0 Å². The highest BCUT2D eigenvalue weighted by Gasteiger charge is 2.32. The Bertz CT molecular complexity index is 1070. The predicted octanol–water partition coefficient (Wildman–Crippen LogP) is 1.93. The number of nitrogens with zero attached hydrogens (tertiary/aromatic N) is 3. The molecule has 10 heteroatoms. The molecule has 0 radical (unpaired) electrons. The van der Waals surface area contributed by atoms with E-state index in [2.05, 4.69) is 15.7 Å². The molecule has 1 saturated heterocycles. The van der Waals surface area contributed by atoms with Crippen LogP contribution < -0.4 is 10.6 Å². The van der Waals surface area contributed by atoms with Crippen molar-refractivity contribution in [3.63, 3.8) is 0 Å². The van der Waals surface area contributed by atoms with E-state index in [9.17, 15) is 18.0 Å². The first-order valence-electron chi connectivity index (χ1n) is 10.6. The van der Waals surface area contributed by atoms with Crippen molar-refractivity contribution < 1.29 is 18.0 Å². The lowest BCUT2D eigenvalue weighted by molar-refractivity contribution is -0.115. The summed E-state index contributed by atoms with van der Waals surface area (Å²) in [5.74, 6) is -0.0908.